The summed E-state index contributed by atoms with van der Waals surface area (Å²) in [6.07, 6.45) is 4.81. The number of nitrogens with one attached hydrogen (secondary N) is 2. The summed E-state index contributed by atoms with van der Waals surface area (Å²) in [5.41, 5.74) is 1.40. The van der Waals surface area contributed by atoms with Crippen molar-refractivity contribution in [3.05, 3.63) is 58.3 Å². The van der Waals surface area contributed by atoms with Gasteiger partial charge in [-0.05, 0) is 55.2 Å². The minimum Gasteiger partial charge on any atom is -0.356 e. The van der Waals surface area contributed by atoms with E-state index in [0.717, 1.165) is 38.4 Å². The first-order valence-corrected chi connectivity index (χ1v) is 10.9. The van der Waals surface area contributed by atoms with Gasteiger partial charge in [0, 0.05) is 38.1 Å². The van der Waals surface area contributed by atoms with Crippen LogP contribution in [0, 0.1) is 5.92 Å². The summed E-state index contributed by atoms with van der Waals surface area (Å²) < 4.78 is 0. The van der Waals surface area contributed by atoms with E-state index in [2.05, 4.69) is 68.4 Å². The number of aliphatic imine (C=N–C) groups is 1. The molecule has 0 radical (unpaired) electrons. The first-order chi connectivity index (χ1) is 13.3. The van der Waals surface area contributed by atoms with E-state index in [1.165, 1.54) is 36.4 Å². The van der Waals surface area contributed by atoms with Crippen molar-refractivity contribution in [3.63, 3.8) is 0 Å². The number of rotatable bonds is 8. The molecule has 1 aromatic carbocycles. The quantitative estimate of drug-likeness (QED) is 0.239. The highest BCUT2D eigenvalue weighted by Gasteiger charge is 2.20. The molecule has 1 atom stereocenters. The minimum atomic E-state index is 0. The Morgan fingerprint density at radius 3 is 2.79 bits per heavy atom. The van der Waals surface area contributed by atoms with Gasteiger partial charge >= 0.3 is 0 Å². The summed E-state index contributed by atoms with van der Waals surface area (Å²) in [6, 6.07) is 15.1. The third-order valence-electron chi connectivity index (χ3n) is 5.12. The molecular formula is C22H33IN4S. The van der Waals surface area contributed by atoms with Crippen molar-refractivity contribution in [2.75, 3.05) is 33.2 Å². The molecule has 1 aromatic heterocycles. The number of nitrogens with zero attached hydrogens (tertiary/aromatic N) is 2. The van der Waals surface area contributed by atoms with Crippen molar-refractivity contribution in [1.82, 2.24) is 15.5 Å². The minimum absolute atomic E-state index is 0. The van der Waals surface area contributed by atoms with E-state index in [1.807, 2.05) is 18.4 Å². The third-order valence-corrected chi connectivity index (χ3v) is 5.98. The van der Waals surface area contributed by atoms with Crippen LogP contribution in [-0.2, 0) is 13.0 Å². The van der Waals surface area contributed by atoms with Crippen LogP contribution in [0.3, 0.4) is 0 Å². The molecular weight excluding hydrogens is 479 g/mol. The van der Waals surface area contributed by atoms with Gasteiger partial charge in [-0.25, -0.2) is 0 Å². The molecule has 2 aromatic rings. The lowest BCUT2D eigenvalue weighted by molar-refractivity contribution is 0.169. The van der Waals surface area contributed by atoms with Crippen LogP contribution in [0.4, 0.5) is 0 Å². The molecule has 0 aliphatic carbocycles. The van der Waals surface area contributed by atoms with Crippen LogP contribution in [0.2, 0.25) is 0 Å². The molecule has 0 spiro atoms. The lowest BCUT2D eigenvalue weighted by atomic mass is 9.98. The Kier molecular flexibility index (Phi) is 10.9. The second-order valence-electron chi connectivity index (χ2n) is 7.29. The number of thiophene rings is 1. The maximum atomic E-state index is 4.38. The summed E-state index contributed by atoms with van der Waals surface area (Å²) >= 11 is 1.86. The van der Waals surface area contributed by atoms with Crippen molar-refractivity contribution in [3.8, 4) is 0 Å². The number of likely N-dealkylation sites (tertiary alicyclic amines) is 1. The lowest BCUT2D eigenvalue weighted by Crippen LogP contribution is -2.44. The monoisotopic (exact) mass is 512 g/mol. The number of aryl methyl sites for hydroxylation is 1. The summed E-state index contributed by atoms with van der Waals surface area (Å²) in [4.78, 5) is 8.45. The molecule has 1 fully saturated rings. The molecule has 4 nitrogen and oxygen atoms in total. The highest BCUT2D eigenvalue weighted by molar-refractivity contribution is 14.0. The zero-order valence-corrected chi connectivity index (χ0v) is 19.9. The Morgan fingerprint density at radius 2 is 2.04 bits per heavy atom. The molecule has 154 valence electrons. The first-order valence-electron chi connectivity index (χ1n) is 10.1. The van der Waals surface area contributed by atoms with Gasteiger partial charge in [0.15, 0.2) is 5.96 Å². The van der Waals surface area contributed by atoms with Gasteiger partial charge in [0.05, 0.1) is 0 Å². The van der Waals surface area contributed by atoms with Crippen LogP contribution in [0.25, 0.3) is 0 Å². The van der Waals surface area contributed by atoms with Crippen LogP contribution in [0.15, 0.2) is 52.8 Å². The number of guanidine groups is 1. The normalized spacial score (nSPS) is 17.8. The number of halogens is 1. The number of hydrogen-bond donors (Lipinski definition) is 2. The van der Waals surface area contributed by atoms with Crippen molar-refractivity contribution in [2.24, 2.45) is 10.9 Å². The lowest BCUT2D eigenvalue weighted by Gasteiger charge is -2.32. The fourth-order valence-electron chi connectivity index (χ4n) is 3.69. The predicted molar refractivity (Wildman–Crippen MR) is 132 cm³/mol. The third kappa shape index (κ3) is 8.09. The molecule has 28 heavy (non-hydrogen) atoms. The molecule has 1 aliphatic rings. The number of benzene rings is 1. The van der Waals surface area contributed by atoms with Crippen molar-refractivity contribution < 1.29 is 0 Å². The Morgan fingerprint density at radius 1 is 1.18 bits per heavy atom. The SMILES string of the molecule is CN=C(NCCCc1ccccc1)NCC1CCCN(Cc2cccs2)C1.I. The van der Waals surface area contributed by atoms with Crippen LogP contribution in [-0.4, -0.2) is 44.1 Å². The van der Waals surface area contributed by atoms with Gasteiger partial charge in [-0.15, -0.1) is 35.3 Å². The Hall–Kier alpha value is -1.12. The Balaban J connectivity index is 0.00000280. The van der Waals surface area contributed by atoms with Gasteiger partial charge in [0.25, 0.3) is 0 Å². The van der Waals surface area contributed by atoms with E-state index < -0.39 is 0 Å². The highest BCUT2D eigenvalue weighted by Crippen LogP contribution is 2.19. The van der Waals surface area contributed by atoms with Crippen molar-refractivity contribution >= 4 is 41.3 Å². The topological polar surface area (TPSA) is 39.7 Å². The largest absolute Gasteiger partial charge is 0.356 e. The maximum absolute atomic E-state index is 4.38. The standard InChI is InChI=1S/C22H32N4S.HI/c1-23-22(24-13-5-10-19-8-3-2-4-9-19)25-16-20-11-6-14-26(17-20)18-21-12-7-15-27-21;/h2-4,7-9,12,15,20H,5-6,10-11,13-14,16-18H2,1H3,(H2,23,24,25);1H. The smallest absolute Gasteiger partial charge is 0.190 e. The van der Waals surface area contributed by atoms with Gasteiger partial charge in [-0.2, -0.15) is 0 Å². The summed E-state index contributed by atoms with van der Waals surface area (Å²) in [5.74, 6) is 1.63. The zero-order valence-electron chi connectivity index (χ0n) is 16.8. The molecule has 3 rings (SSSR count). The van der Waals surface area contributed by atoms with E-state index >= 15 is 0 Å². The van der Waals surface area contributed by atoms with Gasteiger partial charge < -0.3 is 10.6 Å². The van der Waals surface area contributed by atoms with Crippen molar-refractivity contribution in [2.45, 2.75) is 32.2 Å². The van der Waals surface area contributed by atoms with Gasteiger partial charge in [0.1, 0.15) is 0 Å². The molecule has 2 heterocycles. The van der Waals surface area contributed by atoms with E-state index in [1.54, 1.807) is 0 Å². The highest BCUT2D eigenvalue weighted by atomic mass is 127. The Labute approximate surface area is 190 Å². The molecule has 0 saturated carbocycles. The van der Waals surface area contributed by atoms with Gasteiger partial charge in [0.2, 0.25) is 0 Å². The molecule has 1 unspecified atom stereocenters. The molecule has 1 saturated heterocycles. The van der Waals surface area contributed by atoms with Crippen LogP contribution in [0.1, 0.15) is 29.7 Å². The molecule has 6 heteroatoms. The van der Waals surface area contributed by atoms with Gasteiger partial charge in [-0.1, -0.05) is 36.4 Å². The van der Waals surface area contributed by atoms with Crippen LogP contribution in [0.5, 0.6) is 0 Å². The molecule has 1 aliphatic heterocycles. The fourth-order valence-corrected chi connectivity index (χ4v) is 4.44. The fraction of sp³-hybridized carbons (Fsp3) is 0.500. The second kappa shape index (κ2) is 13.2. The average molecular weight is 513 g/mol. The molecule has 0 bridgehead atoms. The van der Waals surface area contributed by atoms with Crippen LogP contribution >= 0.6 is 35.3 Å². The number of piperidine rings is 1. The molecule has 2 N–H and O–H groups in total. The Bertz CT molecular complexity index is 675. The predicted octanol–water partition coefficient (Wildman–Crippen LogP) is 4.38. The molecule has 0 amide bonds. The first kappa shape index (κ1) is 23.2. The summed E-state index contributed by atoms with van der Waals surface area (Å²) in [7, 11) is 1.86. The maximum Gasteiger partial charge on any atom is 0.190 e. The average Bonchev–Trinajstić information content (AvgIpc) is 3.21. The van der Waals surface area contributed by atoms with Crippen molar-refractivity contribution in [1.29, 1.82) is 0 Å². The summed E-state index contributed by atoms with van der Waals surface area (Å²) in [6.45, 7) is 5.44. The van der Waals surface area contributed by atoms with E-state index in [4.69, 9.17) is 0 Å². The van der Waals surface area contributed by atoms with E-state index in [0.29, 0.717) is 5.92 Å². The van der Waals surface area contributed by atoms with E-state index in [-0.39, 0.29) is 24.0 Å². The second-order valence-corrected chi connectivity index (χ2v) is 8.32. The van der Waals surface area contributed by atoms with E-state index in [9.17, 15) is 0 Å². The van der Waals surface area contributed by atoms with Crippen LogP contribution < -0.4 is 10.6 Å². The summed E-state index contributed by atoms with van der Waals surface area (Å²) in [5, 5.41) is 9.16. The zero-order chi connectivity index (χ0) is 18.7. The van der Waals surface area contributed by atoms with Gasteiger partial charge in [-0.3, -0.25) is 9.89 Å². The number of hydrogen-bond acceptors (Lipinski definition) is 3.